The van der Waals surface area contributed by atoms with Crippen LogP contribution in [0.25, 0.3) is 5.82 Å². The van der Waals surface area contributed by atoms with Crippen molar-refractivity contribution in [1.29, 1.82) is 0 Å². The lowest BCUT2D eigenvalue weighted by Crippen LogP contribution is -2.26. The highest BCUT2D eigenvalue weighted by molar-refractivity contribution is 5.97. The summed E-state index contributed by atoms with van der Waals surface area (Å²) in [6, 6.07) is 13.5. The van der Waals surface area contributed by atoms with Gasteiger partial charge in [0.05, 0.1) is 12.8 Å². The normalized spacial score (nSPS) is 10.5. The number of aromatic nitrogens is 3. The van der Waals surface area contributed by atoms with Gasteiger partial charge in [-0.05, 0) is 30.7 Å². The van der Waals surface area contributed by atoms with E-state index in [2.05, 4.69) is 10.4 Å². The summed E-state index contributed by atoms with van der Waals surface area (Å²) < 4.78 is 9.17. The number of ether oxygens (including phenoxy) is 1. The third kappa shape index (κ3) is 3.65. The Hall–Kier alpha value is -3.02. The number of benzene rings is 1. The van der Waals surface area contributed by atoms with Gasteiger partial charge in [0.2, 0.25) is 0 Å². The quantitative estimate of drug-likeness (QED) is 0.679. The topological polar surface area (TPSA) is 61.1 Å². The van der Waals surface area contributed by atoms with Gasteiger partial charge >= 0.3 is 0 Å². The minimum Gasteiger partial charge on any atom is -0.494 e. The largest absolute Gasteiger partial charge is 0.494 e. The molecular formula is C18H20N4O2. The zero-order valence-electron chi connectivity index (χ0n) is 13.6. The van der Waals surface area contributed by atoms with Gasteiger partial charge in [-0.2, -0.15) is 5.10 Å². The summed E-state index contributed by atoms with van der Waals surface area (Å²) in [5.74, 6) is 1.45. The predicted molar refractivity (Wildman–Crippen MR) is 91.4 cm³/mol. The second-order valence-corrected chi connectivity index (χ2v) is 5.37. The number of carbonyl (C=O) groups excluding carboxylic acids is 1. The van der Waals surface area contributed by atoms with Gasteiger partial charge in [-0.15, -0.1) is 0 Å². The molecule has 1 aromatic carbocycles. The molecular weight excluding hydrogens is 304 g/mol. The van der Waals surface area contributed by atoms with Crippen LogP contribution >= 0.6 is 0 Å². The highest BCUT2D eigenvalue weighted by Gasteiger charge is 2.16. The maximum absolute atomic E-state index is 12.4. The highest BCUT2D eigenvalue weighted by Crippen LogP contribution is 2.13. The summed E-state index contributed by atoms with van der Waals surface area (Å²) in [5, 5.41) is 7.10. The first-order chi connectivity index (χ1) is 11.8. The van der Waals surface area contributed by atoms with Crippen LogP contribution in [0.15, 0.2) is 61.1 Å². The van der Waals surface area contributed by atoms with E-state index in [4.69, 9.17) is 4.74 Å². The van der Waals surface area contributed by atoms with Crippen LogP contribution in [0.3, 0.4) is 0 Å². The van der Waals surface area contributed by atoms with Crippen molar-refractivity contribution >= 4 is 5.91 Å². The molecule has 0 spiro atoms. The second-order valence-electron chi connectivity index (χ2n) is 5.37. The molecule has 0 unspecified atom stereocenters. The van der Waals surface area contributed by atoms with Gasteiger partial charge in [0.25, 0.3) is 5.91 Å². The lowest BCUT2D eigenvalue weighted by atomic mass is 10.3. The molecule has 3 rings (SSSR count). The molecule has 0 radical (unpaired) electrons. The van der Waals surface area contributed by atoms with Gasteiger partial charge in [-0.25, -0.2) is 0 Å². The summed E-state index contributed by atoms with van der Waals surface area (Å²) in [5.41, 5.74) is 0.553. The Labute approximate surface area is 140 Å². The van der Waals surface area contributed by atoms with Crippen molar-refractivity contribution < 1.29 is 9.53 Å². The number of para-hydroxylation sites is 1. The highest BCUT2D eigenvalue weighted by atomic mass is 16.5. The van der Waals surface area contributed by atoms with E-state index in [1.807, 2.05) is 66.5 Å². The van der Waals surface area contributed by atoms with Crippen molar-refractivity contribution in [3.8, 4) is 11.6 Å². The van der Waals surface area contributed by atoms with Crippen molar-refractivity contribution in [1.82, 2.24) is 19.7 Å². The number of nitrogens with zero attached hydrogens (tertiary/aromatic N) is 3. The van der Waals surface area contributed by atoms with Gasteiger partial charge in [0.1, 0.15) is 17.1 Å². The second kappa shape index (κ2) is 7.50. The van der Waals surface area contributed by atoms with Crippen LogP contribution in [0.5, 0.6) is 5.75 Å². The average Bonchev–Trinajstić information content (AvgIpc) is 3.24. The molecule has 0 aliphatic rings. The van der Waals surface area contributed by atoms with Crippen LogP contribution < -0.4 is 10.1 Å². The van der Waals surface area contributed by atoms with Gasteiger partial charge in [-0.3, -0.25) is 9.48 Å². The Kier molecular flexibility index (Phi) is 4.96. The fourth-order valence-corrected chi connectivity index (χ4v) is 2.45. The third-order valence-electron chi connectivity index (χ3n) is 3.62. The molecule has 0 atom stereocenters. The molecule has 1 N–H and O–H groups in total. The van der Waals surface area contributed by atoms with Crippen LogP contribution in [0.2, 0.25) is 0 Å². The first-order valence-corrected chi connectivity index (χ1v) is 7.87. The standard InChI is InChI=1S/C18H20N4O2/c1-21-18(22-11-5-6-12-22)16(14-20-21)17(23)19-10-7-13-24-15-8-3-2-4-9-15/h2-6,8-9,11-12,14H,7,10,13H2,1H3,(H,19,23). The number of rotatable bonds is 7. The van der Waals surface area contributed by atoms with Crippen LogP contribution in [0.1, 0.15) is 16.8 Å². The fourth-order valence-electron chi connectivity index (χ4n) is 2.45. The van der Waals surface area contributed by atoms with Gasteiger partial charge in [0.15, 0.2) is 0 Å². The van der Waals surface area contributed by atoms with E-state index in [0.29, 0.717) is 18.7 Å². The zero-order valence-corrected chi connectivity index (χ0v) is 13.6. The van der Waals surface area contributed by atoms with E-state index in [-0.39, 0.29) is 5.91 Å². The molecule has 0 aliphatic carbocycles. The fraction of sp³-hybridized carbons (Fsp3) is 0.222. The summed E-state index contributed by atoms with van der Waals surface area (Å²) >= 11 is 0. The summed E-state index contributed by atoms with van der Waals surface area (Å²) in [4.78, 5) is 12.4. The van der Waals surface area contributed by atoms with Gasteiger partial charge in [-0.1, -0.05) is 18.2 Å². The molecule has 0 saturated carbocycles. The molecule has 124 valence electrons. The Morgan fingerprint density at radius 1 is 1.17 bits per heavy atom. The molecule has 6 heteroatoms. The Bertz CT molecular complexity index is 779. The molecule has 1 amide bonds. The first kappa shape index (κ1) is 15.9. The lowest BCUT2D eigenvalue weighted by Gasteiger charge is -2.09. The smallest absolute Gasteiger partial charge is 0.256 e. The van der Waals surface area contributed by atoms with Crippen molar-refractivity contribution in [3.63, 3.8) is 0 Å². The molecule has 0 bridgehead atoms. The van der Waals surface area contributed by atoms with Gasteiger partial charge < -0.3 is 14.6 Å². The summed E-state index contributed by atoms with van der Waals surface area (Å²) in [6.45, 7) is 1.10. The predicted octanol–water partition coefficient (Wildman–Crippen LogP) is 2.41. The number of nitrogens with one attached hydrogen (secondary N) is 1. The van der Waals surface area contributed by atoms with Crippen molar-refractivity contribution in [3.05, 3.63) is 66.6 Å². The third-order valence-corrected chi connectivity index (χ3v) is 3.62. The van der Waals surface area contributed by atoms with E-state index < -0.39 is 0 Å². The SMILES string of the molecule is Cn1ncc(C(=O)NCCCOc2ccccc2)c1-n1cccc1. The van der Waals surface area contributed by atoms with Crippen molar-refractivity contribution in [2.75, 3.05) is 13.2 Å². The van der Waals surface area contributed by atoms with Crippen LogP contribution in [-0.4, -0.2) is 33.4 Å². The number of aryl methyl sites for hydroxylation is 1. The number of amides is 1. The minimum atomic E-state index is -0.133. The van der Waals surface area contributed by atoms with Crippen LogP contribution in [0, 0.1) is 0 Å². The Morgan fingerprint density at radius 3 is 2.67 bits per heavy atom. The average molecular weight is 324 g/mol. The molecule has 24 heavy (non-hydrogen) atoms. The van der Waals surface area contributed by atoms with Crippen LogP contribution in [0.4, 0.5) is 0 Å². The molecule has 0 fully saturated rings. The van der Waals surface area contributed by atoms with Crippen molar-refractivity contribution in [2.45, 2.75) is 6.42 Å². The van der Waals surface area contributed by atoms with Crippen LogP contribution in [-0.2, 0) is 7.05 Å². The van der Waals surface area contributed by atoms with E-state index in [0.717, 1.165) is 18.0 Å². The molecule has 2 aromatic heterocycles. The van der Waals surface area contributed by atoms with E-state index in [1.165, 1.54) is 0 Å². The van der Waals surface area contributed by atoms with E-state index in [9.17, 15) is 4.79 Å². The zero-order chi connectivity index (χ0) is 16.8. The Balaban J connectivity index is 1.51. The molecule has 0 saturated heterocycles. The molecule has 0 aliphatic heterocycles. The molecule has 6 nitrogen and oxygen atoms in total. The maximum atomic E-state index is 12.4. The number of hydrogen-bond donors (Lipinski definition) is 1. The lowest BCUT2D eigenvalue weighted by molar-refractivity contribution is 0.0951. The summed E-state index contributed by atoms with van der Waals surface area (Å²) in [7, 11) is 1.82. The molecule has 3 aromatic rings. The first-order valence-electron chi connectivity index (χ1n) is 7.87. The Morgan fingerprint density at radius 2 is 1.92 bits per heavy atom. The summed E-state index contributed by atoms with van der Waals surface area (Å²) in [6.07, 6.45) is 6.11. The van der Waals surface area contributed by atoms with E-state index in [1.54, 1.807) is 10.9 Å². The van der Waals surface area contributed by atoms with Gasteiger partial charge in [0, 0.05) is 26.0 Å². The molecule has 2 heterocycles. The van der Waals surface area contributed by atoms with E-state index >= 15 is 0 Å². The maximum Gasteiger partial charge on any atom is 0.256 e. The monoisotopic (exact) mass is 324 g/mol. The van der Waals surface area contributed by atoms with Crippen molar-refractivity contribution in [2.24, 2.45) is 7.05 Å². The number of hydrogen-bond acceptors (Lipinski definition) is 3. The minimum absolute atomic E-state index is 0.133. The number of carbonyl (C=O) groups is 1.